The van der Waals surface area contributed by atoms with Crippen molar-refractivity contribution in [3.63, 3.8) is 0 Å². The highest BCUT2D eigenvalue weighted by Gasteiger charge is 2.30. The number of pyridine rings is 1. The molecule has 126 valence electrons. The molecule has 1 aromatic heterocycles. The zero-order chi connectivity index (χ0) is 17.9. The molecule has 0 atom stereocenters. The molecule has 7 heteroatoms. The minimum Gasteiger partial charge on any atom is -0.267 e. The van der Waals surface area contributed by atoms with Gasteiger partial charge in [0.15, 0.2) is 0 Å². The number of rotatable bonds is 2. The normalized spacial score (nSPS) is 11.0. The van der Waals surface area contributed by atoms with Crippen molar-refractivity contribution in [2.45, 2.75) is 26.3 Å². The van der Waals surface area contributed by atoms with Crippen molar-refractivity contribution in [1.82, 2.24) is 15.4 Å². The minimum absolute atomic E-state index is 0.238. The number of nitrogens with one attached hydrogen (secondary N) is 1. The topological polar surface area (TPSA) is 62.3 Å². The molecule has 2 amide bonds. The Hall–Kier alpha value is -2.11. The van der Waals surface area contributed by atoms with Gasteiger partial charge in [0.1, 0.15) is 5.69 Å². The third-order valence-electron chi connectivity index (χ3n) is 3.15. The van der Waals surface area contributed by atoms with Crippen molar-refractivity contribution in [2.75, 3.05) is 0 Å². The molecule has 0 unspecified atom stereocenters. The second-order valence-electron chi connectivity index (χ2n) is 6.10. The molecular weight excluding hydrogens is 349 g/mol. The summed E-state index contributed by atoms with van der Waals surface area (Å²) in [5, 5.41) is 1.87. The monoisotopic (exact) mass is 365 g/mol. The van der Waals surface area contributed by atoms with Crippen molar-refractivity contribution in [3.8, 4) is 0 Å². The summed E-state index contributed by atoms with van der Waals surface area (Å²) < 4.78 is 0. The number of nitrogens with zero attached hydrogens (tertiary/aromatic N) is 2. The molecule has 2 aromatic rings. The minimum atomic E-state index is -0.652. The molecular formula is C17H17Cl2N3O2. The summed E-state index contributed by atoms with van der Waals surface area (Å²) in [4.78, 5) is 29.2. The third kappa shape index (κ3) is 4.24. The van der Waals surface area contributed by atoms with Crippen LogP contribution in [0.4, 0.5) is 0 Å². The van der Waals surface area contributed by atoms with E-state index in [0.29, 0.717) is 10.6 Å². The van der Waals surface area contributed by atoms with Crippen LogP contribution in [-0.4, -0.2) is 27.3 Å². The van der Waals surface area contributed by atoms with Crippen LogP contribution in [-0.2, 0) is 0 Å². The van der Waals surface area contributed by atoms with E-state index in [2.05, 4.69) is 10.4 Å². The van der Waals surface area contributed by atoms with Gasteiger partial charge in [-0.25, -0.2) is 5.01 Å². The van der Waals surface area contributed by atoms with Gasteiger partial charge in [0, 0.05) is 11.8 Å². The van der Waals surface area contributed by atoms with Gasteiger partial charge in [-0.2, -0.15) is 0 Å². The van der Waals surface area contributed by atoms with E-state index in [-0.39, 0.29) is 10.7 Å². The van der Waals surface area contributed by atoms with Crippen LogP contribution >= 0.6 is 23.2 Å². The Morgan fingerprint density at radius 3 is 2.33 bits per heavy atom. The van der Waals surface area contributed by atoms with Crippen molar-refractivity contribution < 1.29 is 9.59 Å². The third-order valence-corrected chi connectivity index (χ3v) is 3.89. The van der Waals surface area contributed by atoms with Gasteiger partial charge in [0.25, 0.3) is 11.8 Å². The van der Waals surface area contributed by atoms with E-state index in [1.54, 1.807) is 18.2 Å². The van der Waals surface area contributed by atoms with E-state index in [9.17, 15) is 9.59 Å². The van der Waals surface area contributed by atoms with Crippen LogP contribution in [0.5, 0.6) is 0 Å². The molecule has 1 heterocycles. The van der Waals surface area contributed by atoms with Crippen molar-refractivity contribution in [3.05, 3.63) is 63.9 Å². The lowest BCUT2D eigenvalue weighted by atomic mass is 10.1. The van der Waals surface area contributed by atoms with Crippen LogP contribution in [0.2, 0.25) is 10.0 Å². The summed E-state index contributed by atoms with van der Waals surface area (Å²) in [5.74, 6) is -0.871. The molecule has 0 aliphatic rings. The first kappa shape index (κ1) is 18.2. The molecule has 0 radical (unpaired) electrons. The Kier molecular flexibility index (Phi) is 5.47. The maximum atomic E-state index is 12.7. The van der Waals surface area contributed by atoms with Crippen LogP contribution in [0.15, 0.2) is 42.6 Å². The van der Waals surface area contributed by atoms with E-state index >= 15 is 0 Å². The Morgan fingerprint density at radius 1 is 1.08 bits per heavy atom. The summed E-state index contributed by atoms with van der Waals surface area (Å²) >= 11 is 11.8. The van der Waals surface area contributed by atoms with Crippen LogP contribution in [0.25, 0.3) is 0 Å². The fourth-order valence-electron chi connectivity index (χ4n) is 1.93. The largest absolute Gasteiger partial charge is 0.291 e. The fraction of sp³-hybridized carbons (Fsp3) is 0.235. The second kappa shape index (κ2) is 7.20. The predicted octanol–water partition coefficient (Wildman–Crippen LogP) is 3.97. The number of carbonyl (C=O) groups is 2. The Balaban J connectivity index is 2.28. The number of carbonyl (C=O) groups excluding carboxylic acids is 2. The molecule has 0 spiro atoms. The van der Waals surface area contributed by atoms with Gasteiger partial charge in [0.2, 0.25) is 0 Å². The first-order chi connectivity index (χ1) is 11.2. The lowest BCUT2D eigenvalue weighted by Gasteiger charge is -2.35. The summed E-state index contributed by atoms with van der Waals surface area (Å²) in [6.45, 7) is 5.43. The molecule has 0 aliphatic carbocycles. The molecule has 0 aliphatic heterocycles. The highest BCUT2D eigenvalue weighted by Crippen LogP contribution is 2.23. The smallest absolute Gasteiger partial charge is 0.267 e. The van der Waals surface area contributed by atoms with Gasteiger partial charge >= 0.3 is 0 Å². The Labute approximate surface area is 150 Å². The molecule has 0 saturated carbocycles. The average molecular weight is 366 g/mol. The lowest BCUT2D eigenvalue weighted by Crippen LogP contribution is -2.56. The van der Waals surface area contributed by atoms with Crippen LogP contribution < -0.4 is 5.43 Å². The molecule has 1 aromatic carbocycles. The number of hydrogen-bond donors (Lipinski definition) is 1. The van der Waals surface area contributed by atoms with Crippen LogP contribution in [0.1, 0.15) is 41.6 Å². The molecule has 5 nitrogen and oxygen atoms in total. The lowest BCUT2D eigenvalue weighted by molar-refractivity contribution is 0.0354. The van der Waals surface area contributed by atoms with E-state index < -0.39 is 17.4 Å². The summed E-state index contributed by atoms with van der Waals surface area (Å²) in [6, 6.07) is 9.53. The zero-order valence-corrected chi connectivity index (χ0v) is 15.0. The van der Waals surface area contributed by atoms with Gasteiger partial charge in [-0.1, -0.05) is 29.3 Å². The van der Waals surface area contributed by atoms with E-state index in [4.69, 9.17) is 23.2 Å². The summed E-state index contributed by atoms with van der Waals surface area (Å²) in [5.41, 5.74) is 2.51. The predicted molar refractivity (Wildman–Crippen MR) is 94.1 cm³/mol. The van der Waals surface area contributed by atoms with Gasteiger partial charge in [-0.05, 0) is 51.1 Å². The number of hydrogen-bond acceptors (Lipinski definition) is 3. The molecule has 1 N–H and O–H groups in total. The second-order valence-corrected chi connectivity index (χ2v) is 6.91. The van der Waals surface area contributed by atoms with Gasteiger partial charge in [0.05, 0.1) is 15.6 Å². The Bertz CT molecular complexity index is 758. The van der Waals surface area contributed by atoms with Gasteiger partial charge in [-0.3, -0.25) is 20.0 Å². The average Bonchev–Trinajstić information content (AvgIpc) is 2.54. The van der Waals surface area contributed by atoms with E-state index in [1.807, 2.05) is 20.8 Å². The first-order valence-electron chi connectivity index (χ1n) is 7.22. The van der Waals surface area contributed by atoms with Crippen molar-refractivity contribution in [2.24, 2.45) is 0 Å². The number of aromatic nitrogens is 1. The SMILES string of the molecule is CC(C)(C)N(NC(=O)c1ccc(Cl)c(Cl)c1)C(=O)c1ccccn1. The maximum absolute atomic E-state index is 12.7. The molecule has 0 fully saturated rings. The van der Waals surface area contributed by atoms with E-state index in [1.165, 1.54) is 29.4 Å². The molecule has 2 rings (SSSR count). The van der Waals surface area contributed by atoms with Crippen molar-refractivity contribution in [1.29, 1.82) is 0 Å². The first-order valence-corrected chi connectivity index (χ1v) is 7.97. The van der Waals surface area contributed by atoms with Crippen LogP contribution in [0.3, 0.4) is 0 Å². The molecule has 0 bridgehead atoms. The fourth-order valence-corrected chi connectivity index (χ4v) is 2.23. The Morgan fingerprint density at radius 2 is 1.79 bits per heavy atom. The highest BCUT2D eigenvalue weighted by molar-refractivity contribution is 6.42. The zero-order valence-electron chi connectivity index (χ0n) is 13.5. The highest BCUT2D eigenvalue weighted by atomic mass is 35.5. The quantitative estimate of drug-likeness (QED) is 0.818. The van der Waals surface area contributed by atoms with Gasteiger partial charge < -0.3 is 0 Å². The number of halogens is 2. The van der Waals surface area contributed by atoms with E-state index in [0.717, 1.165) is 0 Å². The molecule has 0 saturated heterocycles. The number of benzene rings is 1. The number of hydrazine groups is 1. The maximum Gasteiger partial charge on any atom is 0.291 e. The van der Waals surface area contributed by atoms with Crippen molar-refractivity contribution >= 4 is 35.0 Å². The van der Waals surface area contributed by atoms with Gasteiger partial charge in [-0.15, -0.1) is 0 Å². The number of amides is 2. The summed E-state index contributed by atoms with van der Waals surface area (Å²) in [7, 11) is 0. The van der Waals surface area contributed by atoms with Crippen LogP contribution in [0, 0.1) is 0 Å². The summed E-state index contributed by atoms with van der Waals surface area (Å²) in [6.07, 6.45) is 1.52. The standard InChI is InChI=1S/C17H17Cl2N3O2/c1-17(2,3)22(16(24)14-6-4-5-9-20-14)21-15(23)11-7-8-12(18)13(19)10-11/h4-10H,1-3H3,(H,21,23). The molecule has 24 heavy (non-hydrogen) atoms.